The van der Waals surface area contributed by atoms with E-state index >= 15 is 0 Å². The van der Waals surface area contributed by atoms with Crippen LogP contribution >= 0.6 is 50.1 Å². The van der Waals surface area contributed by atoms with Crippen molar-refractivity contribution in [2.45, 2.75) is 6.54 Å². The molecule has 0 fully saturated rings. The first-order valence-electron chi connectivity index (χ1n) is 7.60. The van der Waals surface area contributed by atoms with Gasteiger partial charge in [0.2, 0.25) is 0 Å². The van der Waals surface area contributed by atoms with Crippen LogP contribution in [0, 0.1) is 3.57 Å². The van der Waals surface area contributed by atoms with E-state index in [0.29, 0.717) is 17.1 Å². The molecule has 3 rings (SSSR count). The van der Waals surface area contributed by atoms with Crippen molar-refractivity contribution in [1.82, 2.24) is 0 Å². The highest BCUT2D eigenvalue weighted by Crippen LogP contribution is 2.23. The van der Waals surface area contributed by atoms with Gasteiger partial charge in [-0.3, -0.25) is 4.79 Å². The number of hydrogen-bond acceptors (Lipinski definition) is 1. The summed E-state index contributed by atoms with van der Waals surface area (Å²) in [5, 5.41) is 0.616. The SMILES string of the molecule is O=C(c1ccc(Cl)cc1)N(Cc1ccc(Br)cc1)c1ccc(I)cc1. The van der Waals surface area contributed by atoms with E-state index in [1.165, 1.54) is 0 Å². The van der Waals surface area contributed by atoms with Crippen molar-refractivity contribution in [1.29, 1.82) is 0 Å². The molecule has 0 bridgehead atoms. The highest BCUT2D eigenvalue weighted by Gasteiger charge is 2.18. The number of rotatable bonds is 4. The topological polar surface area (TPSA) is 20.3 Å². The zero-order chi connectivity index (χ0) is 17.8. The van der Waals surface area contributed by atoms with E-state index in [9.17, 15) is 4.79 Å². The number of nitrogens with zero attached hydrogens (tertiary/aromatic N) is 1. The molecule has 126 valence electrons. The van der Waals surface area contributed by atoms with Gasteiger partial charge in [-0.1, -0.05) is 39.7 Å². The van der Waals surface area contributed by atoms with E-state index < -0.39 is 0 Å². The van der Waals surface area contributed by atoms with Gasteiger partial charge in [-0.2, -0.15) is 0 Å². The third-order valence-electron chi connectivity index (χ3n) is 3.73. The summed E-state index contributed by atoms with van der Waals surface area (Å²) in [6, 6.07) is 22.9. The molecule has 0 aliphatic heterocycles. The Bertz CT molecular complexity index is 864. The van der Waals surface area contributed by atoms with Crippen LogP contribution in [-0.2, 0) is 6.54 Å². The number of amides is 1. The van der Waals surface area contributed by atoms with Gasteiger partial charge in [0.1, 0.15) is 0 Å². The molecule has 0 aromatic heterocycles. The maximum atomic E-state index is 13.1. The Hall–Kier alpha value is -1.37. The Labute approximate surface area is 174 Å². The smallest absolute Gasteiger partial charge is 0.258 e. The van der Waals surface area contributed by atoms with Crippen LogP contribution in [-0.4, -0.2) is 5.91 Å². The molecule has 0 saturated heterocycles. The second-order valence-electron chi connectivity index (χ2n) is 5.50. The van der Waals surface area contributed by atoms with Crippen molar-refractivity contribution in [2.24, 2.45) is 0 Å². The molecule has 0 heterocycles. The molecule has 2 nitrogen and oxygen atoms in total. The van der Waals surface area contributed by atoms with E-state index in [4.69, 9.17) is 11.6 Å². The zero-order valence-corrected chi connectivity index (χ0v) is 17.6. The van der Waals surface area contributed by atoms with E-state index in [-0.39, 0.29) is 5.91 Å². The van der Waals surface area contributed by atoms with Crippen molar-refractivity contribution >= 4 is 61.7 Å². The lowest BCUT2D eigenvalue weighted by atomic mass is 10.1. The van der Waals surface area contributed by atoms with Crippen LogP contribution in [0.15, 0.2) is 77.3 Å². The first-order valence-corrected chi connectivity index (χ1v) is 9.85. The van der Waals surface area contributed by atoms with Gasteiger partial charge in [0.05, 0.1) is 6.54 Å². The van der Waals surface area contributed by atoms with Gasteiger partial charge in [-0.15, -0.1) is 0 Å². The maximum absolute atomic E-state index is 13.1. The second-order valence-corrected chi connectivity index (χ2v) is 8.10. The van der Waals surface area contributed by atoms with Gasteiger partial charge in [0.15, 0.2) is 0 Å². The predicted molar refractivity (Wildman–Crippen MR) is 115 cm³/mol. The van der Waals surface area contributed by atoms with Gasteiger partial charge >= 0.3 is 0 Å². The molecule has 25 heavy (non-hydrogen) atoms. The van der Waals surface area contributed by atoms with E-state index in [1.54, 1.807) is 29.2 Å². The Kier molecular flexibility index (Phi) is 6.15. The van der Waals surface area contributed by atoms with Crippen molar-refractivity contribution in [2.75, 3.05) is 4.90 Å². The third kappa shape index (κ3) is 4.84. The summed E-state index contributed by atoms with van der Waals surface area (Å²) in [6.45, 7) is 0.495. The number of carbonyl (C=O) groups is 1. The van der Waals surface area contributed by atoms with Crippen LogP contribution < -0.4 is 4.90 Å². The largest absolute Gasteiger partial charge is 0.304 e. The minimum absolute atomic E-state index is 0.0548. The van der Waals surface area contributed by atoms with Crippen LogP contribution in [0.5, 0.6) is 0 Å². The molecule has 0 saturated carbocycles. The molecular weight excluding hydrogens is 512 g/mol. The van der Waals surface area contributed by atoms with Crippen LogP contribution in [0.25, 0.3) is 0 Å². The molecule has 0 spiro atoms. The van der Waals surface area contributed by atoms with E-state index in [1.807, 2.05) is 48.5 Å². The number of hydrogen-bond donors (Lipinski definition) is 0. The average molecular weight is 527 g/mol. The zero-order valence-electron chi connectivity index (χ0n) is 13.1. The monoisotopic (exact) mass is 525 g/mol. The predicted octanol–water partition coefficient (Wildman–Crippen LogP) is 6.55. The van der Waals surface area contributed by atoms with Crippen LogP contribution in [0.1, 0.15) is 15.9 Å². The summed E-state index contributed by atoms with van der Waals surface area (Å²) >= 11 is 11.6. The highest BCUT2D eigenvalue weighted by atomic mass is 127. The highest BCUT2D eigenvalue weighted by molar-refractivity contribution is 14.1. The molecule has 0 unspecified atom stereocenters. The molecule has 0 N–H and O–H groups in total. The number of benzene rings is 3. The molecular formula is C20H14BrClINO. The average Bonchev–Trinajstić information content (AvgIpc) is 2.62. The van der Waals surface area contributed by atoms with Crippen molar-refractivity contribution in [3.63, 3.8) is 0 Å². The molecule has 3 aromatic carbocycles. The number of carbonyl (C=O) groups excluding carboxylic acids is 1. The number of anilines is 1. The molecule has 3 aromatic rings. The quantitative estimate of drug-likeness (QED) is 0.353. The first kappa shape index (κ1) is 18.4. The normalized spacial score (nSPS) is 10.5. The molecule has 0 aliphatic rings. The Balaban J connectivity index is 1.95. The number of halogens is 3. The van der Waals surface area contributed by atoms with Gasteiger partial charge in [0.25, 0.3) is 5.91 Å². The van der Waals surface area contributed by atoms with E-state index in [2.05, 4.69) is 38.5 Å². The molecule has 0 atom stereocenters. The summed E-state index contributed by atoms with van der Waals surface area (Å²) in [5.41, 5.74) is 2.53. The molecule has 0 aliphatic carbocycles. The lowest BCUT2D eigenvalue weighted by Crippen LogP contribution is -2.30. The fourth-order valence-electron chi connectivity index (χ4n) is 2.42. The summed E-state index contributed by atoms with van der Waals surface area (Å²) < 4.78 is 2.14. The fourth-order valence-corrected chi connectivity index (χ4v) is 3.17. The molecule has 5 heteroatoms. The standard InChI is InChI=1S/C20H14BrClINO/c21-16-5-1-14(2-6-16)13-24(19-11-9-18(23)10-12-19)20(25)15-3-7-17(22)8-4-15/h1-12H,13H2. The summed E-state index contributed by atoms with van der Waals surface area (Å²) in [5.74, 6) is -0.0548. The summed E-state index contributed by atoms with van der Waals surface area (Å²) in [6.07, 6.45) is 0. The fraction of sp³-hybridized carbons (Fsp3) is 0.0500. The lowest BCUT2D eigenvalue weighted by molar-refractivity contribution is 0.0985. The summed E-state index contributed by atoms with van der Waals surface area (Å²) in [4.78, 5) is 14.9. The van der Waals surface area contributed by atoms with E-state index in [0.717, 1.165) is 19.3 Å². The summed E-state index contributed by atoms with van der Waals surface area (Å²) in [7, 11) is 0. The lowest BCUT2D eigenvalue weighted by Gasteiger charge is -2.23. The molecule has 0 radical (unpaired) electrons. The van der Waals surface area contributed by atoms with Gasteiger partial charge in [0, 0.05) is 24.3 Å². The maximum Gasteiger partial charge on any atom is 0.258 e. The minimum Gasteiger partial charge on any atom is -0.304 e. The van der Waals surface area contributed by atoms with Crippen LogP contribution in [0.3, 0.4) is 0 Å². The first-order chi connectivity index (χ1) is 12.0. The van der Waals surface area contributed by atoms with Crippen LogP contribution in [0.4, 0.5) is 5.69 Å². The van der Waals surface area contributed by atoms with Crippen molar-refractivity contribution in [3.8, 4) is 0 Å². The Morgan fingerprint density at radius 3 is 2.12 bits per heavy atom. The Morgan fingerprint density at radius 1 is 0.920 bits per heavy atom. The van der Waals surface area contributed by atoms with Gasteiger partial charge in [-0.25, -0.2) is 0 Å². The van der Waals surface area contributed by atoms with Crippen molar-refractivity contribution < 1.29 is 4.79 Å². The third-order valence-corrected chi connectivity index (χ3v) is 5.23. The minimum atomic E-state index is -0.0548. The van der Waals surface area contributed by atoms with Gasteiger partial charge in [-0.05, 0) is 88.8 Å². The van der Waals surface area contributed by atoms with Gasteiger partial charge < -0.3 is 4.90 Å². The molecule has 1 amide bonds. The second kappa shape index (κ2) is 8.34. The Morgan fingerprint density at radius 2 is 1.52 bits per heavy atom. The van der Waals surface area contributed by atoms with Crippen molar-refractivity contribution in [3.05, 3.63) is 97.0 Å². The van der Waals surface area contributed by atoms with Crippen LogP contribution in [0.2, 0.25) is 5.02 Å².